The van der Waals surface area contributed by atoms with Gasteiger partial charge in [-0.2, -0.15) is 0 Å². The fourth-order valence-electron chi connectivity index (χ4n) is 1.16. The highest BCUT2D eigenvalue weighted by atomic mass is 16.5. The summed E-state index contributed by atoms with van der Waals surface area (Å²) in [4.78, 5) is 0. The van der Waals surface area contributed by atoms with Crippen LogP contribution >= 0.6 is 0 Å². The van der Waals surface area contributed by atoms with Crippen LogP contribution in [0.4, 0.5) is 0 Å². The second-order valence-electron chi connectivity index (χ2n) is 3.20. The van der Waals surface area contributed by atoms with Gasteiger partial charge in [0.1, 0.15) is 0 Å². The lowest BCUT2D eigenvalue weighted by Crippen LogP contribution is -1.85. The maximum Gasteiger partial charge on any atom is 0.164 e. The quantitative estimate of drug-likeness (QED) is 0.409. The number of hydrogen-bond donors (Lipinski definition) is 0. The van der Waals surface area contributed by atoms with Crippen molar-refractivity contribution in [2.45, 2.75) is 13.8 Å². The lowest BCUT2D eigenvalue weighted by atomic mass is 10.2. The third kappa shape index (κ3) is 3.49. The van der Waals surface area contributed by atoms with Gasteiger partial charge in [-0.05, 0) is 31.1 Å². The Kier molecular flexibility index (Phi) is 4.46. The van der Waals surface area contributed by atoms with Crippen LogP contribution in [0, 0.1) is 0 Å². The van der Waals surface area contributed by atoms with Gasteiger partial charge < -0.3 is 4.74 Å². The highest BCUT2D eigenvalue weighted by molar-refractivity contribution is 5.49. The zero-order valence-electron chi connectivity index (χ0n) is 9.45. The summed E-state index contributed by atoms with van der Waals surface area (Å²) in [7, 11) is 1.66. The molecule has 1 aromatic carbocycles. The summed E-state index contributed by atoms with van der Waals surface area (Å²) in [5.41, 5.74) is 5.35. The Morgan fingerprint density at radius 2 is 1.93 bits per heavy atom. The first-order valence-electron chi connectivity index (χ1n) is 4.97. The van der Waals surface area contributed by atoms with E-state index in [4.69, 9.17) is 4.74 Å². The minimum Gasteiger partial charge on any atom is -0.489 e. The zero-order chi connectivity index (χ0) is 11.1. The molecule has 0 aliphatic rings. The number of allylic oxidation sites excluding steroid dienone is 2. The van der Waals surface area contributed by atoms with Crippen LogP contribution in [0.15, 0.2) is 53.5 Å². The Hall–Kier alpha value is -1.72. The molecule has 0 atom stereocenters. The van der Waals surface area contributed by atoms with Crippen LogP contribution in [0.25, 0.3) is 6.08 Å². The predicted octanol–water partition coefficient (Wildman–Crippen LogP) is 3.80. The molecule has 0 fully saturated rings. The molecule has 1 rings (SSSR count). The van der Waals surface area contributed by atoms with E-state index < -0.39 is 0 Å². The van der Waals surface area contributed by atoms with Crippen LogP contribution in [-0.4, -0.2) is 7.11 Å². The van der Waals surface area contributed by atoms with Crippen molar-refractivity contribution in [2.24, 2.45) is 0 Å². The van der Waals surface area contributed by atoms with E-state index in [-0.39, 0.29) is 0 Å². The van der Waals surface area contributed by atoms with Crippen molar-refractivity contribution in [1.82, 2.24) is 0 Å². The molecular weight excluding hydrogens is 184 g/mol. The molecule has 0 N–H and O–H groups in total. The SMILES string of the molecule is C/C=C(\C)C(=C=Cc1ccccc1)OC. The van der Waals surface area contributed by atoms with Crippen molar-refractivity contribution in [3.05, 3.63) is 59.0 Å². The first-order valence-corrected chi connectivity index (χ1v) is 4.97. The molecule has 0 aliphatic heterocycles. The minimum absolute atomic E-state index is 0.779. The average molecular weight is 200 g/mol. The Morgan fingerprint density at radius 3 is 2.47 bits per heavy atom. The van der Waals surface area contributed by atoms with E-state index in [1.807, 2.05) is 56.3 Å². The Morgan fingerprint density at radius 1 is 1.27 bits per heavy atom. The molecular formula is C14H16O. The molecule has 0 aromatic heterocycles. The lowest BCUT2D eigenvalue weighted by Gasteiger charge is -2.01. The van der Waals surface area contributed by atoms with Crippen LogP contribution in [0.1, 0.15) is 19.4 Å². The van der Waals surface area contributed by atoms with E-state index in [0.29, 0.717) is 0 Å². The van der Waals surface area contributed by atoms with E-state index in [9.17, 15) is 0 Å². The third-order valence-corrected chi connectivity index (χ3v) is 2.16. The number of ether oxygens (including phenoxy) is 1. The molecule has 0 spiro atoms. The molecule has 78 valence electrons. The molecule has 0 aliphatic carbocycles. The van der Waals surface area contributed by atoms with Gasteiger partial charge in [0.05, 0.1) is 7.11 Å². The molecule has 1 heteroatoms. The second-order valence-corrected chi connectivity index (χ2v) is 3.20. The average Bonchev–Trinajstić information content (AvgIpc) is 2.31. The van der Waals surface area contributed by atoms with Crippen LogP contribution in [0.3, 0.4) is 0 Å². The summed E-state index contributed by atoms with van der Waals surface area (Å²) >= 11 is 0. The molecule has 0 saturated heterocycles. The Bertz CT molecular complexity index is 393. The number of benzene rings is 1. The summed E-state index contributed by atoms with van der Waals surface area (Å²) in [6, 6.07) is 10.1. The van der Waals surface area contributed by atoms with Gasteiger partial charge in [-0.3, -0.25) is 0 Å². The summed E-state index contributed by atoms with van der Waals surface area (Å²) < 4.78 is 5.23. The van der Waals surface area contributed by atoms with Gasteiger partial charge in [0.15, 0.2) is 5.76 Å². The smallest absolute Gasteiger partial charge is 0.164 e. The molecule has 0 unspecified atom stereocenters. The molecule has 0 heterocycles. The van der Waals surface area contributed by atoms with Gasteiger partial charge in [-0.1, -0.05) is 42.1 Å². The second kappa shape index (κ2) is 5.90. The van der Waals surface area contributed by atoms with Gasteiger partial charge in [-0.15, -0.1) is 0 Å². The number of hydrogen-bond acceptors (Lipinski definition) is 1. The molecule has 15 heavy (non-hydrogen) atoms. The van der Waals surface area contributed by atoms with E-state index in [0.717, 1.165) is 16.9 Å². The lowest BCUT2D eigenvalue weighted by molar-refractivity contribution is 0.302. The maximum atomic E-state index is 5.23. The molecule has 0 amide bonds. The van der Waals surface area contributed by atoms with Crippen molar-refractivity contribution in [3.8, 4) is 0 Å². The zero-order valence-corrected chi connectivity index (χ0v) is 9.45. The van der Waals surface area contributed by atoms with Crippen molar-refractivity contribution in [1.29, 1.82) is 0 Å². The van der Waals surface area contributed by atoms with Crippen molar-refractivity contribution in [3.63, 3.8) is 0 Å². The summed E-state index contributed by atoms with van der Waals surface area (Å²) in [5, 5.41) is 0. The molecule has 0 radical (unpaired) electrons. The molecule has 0 bridgehead atoms. The van der Waals surface area contributed by atoms with Crippen LogP contribution < -0.4 is 0 Å². The fraction of sp³-hybridized carbons (Fsp3) is 0.214. The summed E-state index contributed by atoms with van der Waals surface area (Å²) in [5.74, 6) is 0.779. The van der Waals surface area contributed by atoms with Crippen LogP contribution in [-0.2, 0) is 4.74 Å². The third-order valence-electron chi connectivity index (χ3n) is 2.16. The van der Waals surface area contributed by atoms with E-state index >= 15 is 0 Å². The molecule has 0 saturated carbocycles. The summed E-state index contributed by atoms with van der Waals surface area (Å²) in [6.45, 7) is 3.99. The fourth-order valence-corrected chi connectivity index (χ4v) is 1.16. The maximum absolute atomic E-state index is 5.23. The van der Waals surface area contributed by atoms with E-state index in [1.54, 1.807) is 7.11 Å². The highest BCUT2D eigenvalue weighted by Gasteiger charge is 1.94. The van der Waals surface area contributed by atoms with E-state index in [2.05, 4.69) is 5.73 Å². The predicted molar refractivity (Wildman–Crippen MR) is 64.4 cm³/mol. The monoisotopic (exact) mass is 200 g/mol. The standard InChI is InChI=1S/C14H16O/c1-4-12(2)14(15-3)11-10-13-8-6-5-7-9-13/h4-10H,1-3H3/b12-4+. The first-order chi connectivity index (χ1) is 7.27. The first kappa shape index (κ1) is 11.4. The normalized spacial score (nSPS) is 10.5. The van der Waals surface area contributed by atoms with Gasteiger partial charge in [0.2, 0.25) is 0 Å². The largest absolute Gasteiger partial charge is 0.489 e. The molecule has 1 nitrogen and oxygen atoms in total. The Labute approximate surface area is 91.4 Å². The number of methoxy groups -OCH3 is 1. The van der Waals surface area contributed by atoms with Gasteiger partial charge in [0, 0.05) is 0 Å². The highest BCUT2D eigenvalue weighted by Crippen LogP contribution is 2.09. The van der Waals surface area contributed by atoms with Crippen molar-refractivity contribution < 1.29 is 4.74 Å². The van der Waals surface area contributed by atoms with Crippen molar-refractivity contribution >= 4 is 6.08 Å². The number of rotatable bonds is 3. The molecule has 1 aromatic rings. The van der Waals surface area contributed by atoms with Gasteiger partial charge in [-0.25, -0.2) is 0 Å². The summed E-state index contributed by atoms with van der Waals surface area (Å²) in [6.07, 6.45) is 3.93. The van der Waals surface area contributed by atoms with Crippen LogP contribution in [0.2, 0.25) is 0 Å². The van der Waals surface area contributed by atoms with Gasteiger partial charge in [0.25, 0.3) is 0 Å². The van der Waals surface area contributed by atoms with Crippen molar-refractivity contribution in [2.75, 3.05) is 7.11 Å². The topological polar surface area (TPSA) is 9.23 Å². The van der Waals surface area contributed by atoms with Crippen LogP contribution in [0.5, 0.6) is 0 Å². The van der Waals surface area contributed by atoms with E-state index in [1.165, 1.54) is 0 Å². The minimum atomic E-state index is 0.779. The van der Waals surface area contributed by atoms with Gasteiger partial charge >= 0.3 is 0 Å². The Balaban J connectivity index is 2.99.